The average Bonchev–Trinajstić information content (AvgIpc) is 2.93. The van der Waals surface area contributed by atoms with Crippen LogP contribution in [0.1, 0.15) is 23.6 Å². The van der Waals surface area contributed by atoms with Gasteiger partial charge in [-0.25, -0.2) is 0 Å². The second-order valence-electron chi connectivity index (χ2n) is 4.86. The van der Waals surface area contributed by atoms with E-state index < -0.39 is 0 Å². The van der Waals surface area contributed by atoms with Crippen molar-refractivity contribution in [1.82, 2.24) is 15.2 Å². The molecular weight excluding hydrogens is 268 g/mol. The Morgan fingerprint density at radius 1 is 1.29 bits per heavy atom. The van der Waals surface area contributed by atoms with Gasteiger partial charge in [0.15, 0.2) is 0 Å². The molecule has 6 heteroatoms. The molecule has 21 heavy (non-hydrogen) atoms. The maximum absolute atomic E-state index is 5.74. The van der Waals surface area contributed by atoms with Crippen LogP contribution in [0.2, 0.25) is 0 Å². The van der Waals surface area contributed by atoms with Crippen molar-refractivity contribution in [3.8, 4) is 11.5 Å². The zero-order valence-corrected chi connectivity index (χ0v) is 12.7. The Balaban J connectivity index is 2.20. The number of hydrogen-bond donors (Lipinski definition) is 2. The molecule has 0 aliphatic rings. The highest BCUT2D eigenvalue weighted by atomic mass is 16.5. The van der Waals surface area contributed by atoms with Crippen LogP contribution < -0.4 is 20.7 Å². The van der Waals surface area contributed by atoms with Crippen LogP contribution >= 0.6 is 0 Å². The lowest BCUT2D eigenvalue weighted by molar-refractivity contribution is 0.367. The first-order chi connectivity index (χ1) is 10.2. The number of nitrogens with zero attached hydrogens (tertiary/aromatic N) is 2. The molecule has 114 valence electrons. The van der Waals surface area contributed by atoms with E-state index in [-0.39, 0.29) is 6.04 Å². The molecule has 0 aliphatic carbocycles. The number of benzene rings is 1. The van der Waals surface area contributed by atoms with Crippen LogP contribution in [0.15, 0.2) is 30.6 Å². The third-order valence-corrected chi connectivity index (χ3v) is 3.50. The van der Waals surface area contributed by atoms with Crippen molar-refractivity contribution in [1.29, 1.82) is 0 Å². The summed E-state index contributed by atoms with van der Waals surface area (Å²) in [6, 6.07) is 5.66. The summed E-state index contributed by atoms with van der Waals surface area (Å²) in [5.41, 5.74) is 4.97. The van der Waals surface area contributed by atoms with Crippen LogP contribution in [0.4, 0.5) is 0 Å². The van der Waals surface area contributed by atoms with Gasteiger partial charge in [-0.2, -0.15) is 5.10 Å². The lowest BCUT2D eigenvalue weighted by atomic mass is 9.98. The number of hydrazine groups is 1. The fourth-order valence-corrected chi connectivity index (χ4v) is 2.45. The van der Waals surface area contributed by atoms with E-state index in [0.717, 1.165) is 29.9 Å². The Morgan fingerprint density at radius 2 is 1.95 bits per heavy atom. The highest BCUT2D eigenvalue weighted by molar-refractivity contribution is 5.47. The van der Waals surface area contributed by atoms with Gasteiger partial charge in [-0.15, -0.1) is 0 Å². The van der Waals surface area contributed by atoms with E-state index in [1.807, 2.05) is 37.6 Å². The molecule has 0 spiro atoms. The highest BCUT2D eigenvalue weighted by Gasteiger charge is 2.20. The van der Waals surface area contributed by atoms with Gasteiger partial charge in [0.25, 0.3) is 0 Å². The molecule has 0 amide bonds. The van der Waals surface area contributed by atoms with Crippen molar-refractivity contribution in [3.63, 3.8) is 0 Å². The standard InChI is InChI=1S/C15H22N4O2/c1-19-10-11(9-17-19)7-8-12(18-16)15-13(20-2)5-4-6-14(15)21-3/h4-6,9-10,12,18H,7-8,16H2,1-3H3. The monoisotopic (exact) mass is 290 g/mol. The minimum Gasteiger partial charge on any atom is -0.496 e. The molecular formula is C15H22N4O2. The predicted octanol–water partition coefficient (Wildman–Crippen LogP) is 1.57. The molecule has 0 bridgehead atoms. The number of hydrogen-bond acceptors (Lipinski definition) is 5. The third kappa shape index (κ3) is 3.53. The normalized spacial score (nSPS) is 12.2. The van der Waals surface area contributed by atoms with E-state index >= 15 is 0 Å². The van der Waals surface area contributed by atoms with Crippen LogP contribution in [0, 0.1) is 0 Å². The van der Waals surface area contributed by atoms with Crippen molar-refractivity contribution >= 4 is 0 Å². The largest absolute Gasteiger partial charge is 0.496 e. The van der Waals surface area contributed by atoms with Gasteiger partial charge >= 0.3 is 0 Å². The SMILES string of the molecule is COc1cccc(OC)c1C(CCc1cnn(C)c1)NN. The molecule has 6 nitrogen and oxygen atoms in total. The predicted molar refractivity (Wildman–Crippen MR) is 81.1 cm³/mol. The summed E-state index contributed by atoms with van der Waals surface area (Å²) in [6.45, 7) is 0. The summed E-state index contributed by atoms with van der Waals surface area (Å²) in [7, 11) is 5.20. The minimum atomic E-state index is -0.0590. The van der Waals surface area contributed by atoms with Crippen molar-refractivity contribution < 1.29 is 9.47 Å². The Kier molecular flexibility index (Phi) is 5.19. The molecule has 2 rings (SSSR count). The van der Waals surface area contributed by atoms with Gasteiger partial charge in [0.2, 0.25) is 0 Å². The van der Waals surface area contributed by atoms with Crippen molar-refractivity contribution in [2.75, 3.05) is 14.2 Å². The molecule has 0 fully saturated rings. The molecule has 0 saturated heterocycles. The molecule has 1 atom stereocenters. The minimum absolute atomic E-state index is 0.0590. The van der Waals surface area contributed by atoms with E-state index in [1.54, 1.807) is 18.9 Å². The van der Waals surface area contributed by atoms with Crippen molar-refractivity contribution in [3.05, 3.63) is 41.7 Å². The molecule has 2 aromatic rings. The lowest BCUT2D eigenvalue weighted by Crippen LogP contribution is -2.29. The number of rotatable bonds is 7. The first-order valence-corrected chi connectivity index (χ1v) is 6.84. The summed E-state index contributed by atoms with van der Waals surface area (Å²) in [5.74, 6) is 7.27. The average molecular weight is 290 g/mol. The molecule has 1 heterocycles. The number of aryl methyl sites for hydroxylation is 2. The number of nitrogens with two attached hydrogens (primary N) is 1. The Bertz CT molecular complexity index is 561. The Hall–Kier alpha value is -2.05. The second-order valence-corrected chi connectivity index (χ2v) is 4.86. The van der Waals surface area contributed by atoms with Gasteiger partial charge < -0.3 is 9.47 Å². The molecule has 1 unspecified atom stereocenters. The maximum atomic E-state index is 5.74. The van der Waals surface area contributed by atoms with Crippen LogP contribution in [0.3, 0.4) is 0 Å². The number of ether oxygens (including phenoxy) is 2. The van der Waals surface area contributed by atoms with Gasteiger partial charge in [-0.05, 0) is 30.5 Å². The molecule has 1 aromatic heterocycles. The maximum Gasteiger partial charge on any atom is 0.127 e. The van der Waals surface area contributed by atoms with E-state index in [1.165, 1.54) is 5.56 Å². The van der Waals surface area contributed by atoms with E-state index in [2.05, 4.69) is 10.5 Å². The van der Waals surface area contributed by atoms with Crippen LogP contribution in [-0.2, 0) is 13.5 Å². The summed E-state index contributed by atoms with van der Waals surface area (Å²) in [6.07, 6.45) is 5.56. The first kappa shape index (κ1) is 15.3. The van der Waals surface area contributed by atoms with E-state index in [4.69, 9.17) is 15.3 Å². The summed E-state index contributed by atoms with van der Waals surface area (Å²) < 4.78 is 12.7. The quantitative estimate of drug-likeness (QED) is 0.598. The van der Waals surface area contributed by atoms with Gasteiger partial charge in [0.05, 0.1) is 32.0 Å². The van der Waals surface area contributed by atoms with Gasteiger partial charge in [-0.3, -0.25) is 16.0 Å². The van der Waals surface area contributed by atoms with Gasteiger partial charge in [-0.1, -0.05) is 6.07 Å². The van der Waals surface area contributed by atoms with Crippen molar-refractivity contribution in [2.24, 2.45) is 12.9 Å². The van der Waals surface area contributed by atoms with E-state index in [0.29, 0.717) is 0 Å². The Labute approximate surface area is 124 Å². The zero-order chi connectivity index (χ0) is 15.2. The number of aromatic nitrogens is 2. The third-order valence-electron chi connectivity index (χ3n) is 3.50. The zero-order valence-electron chi connectivity index (χ0n) is 12.7. The number of methoxy groups -OCH3 is 2. The van der Waals surface area contributed by atoms with E-state index in [9.17, 15) is 0 Å². The highest BCUT2D eigenvalue weighted by Crippen LogP contribution is 2.35. The summed E-state index contributed by atoms with van der Waals surface area (Å²) in [4.78, 5) is 0. The van der Waals surface area contributed by atoms with Gasteiger partial charge in [0.1, 0.15) is 11.5 Å². The smallest absolute Gasteiger partial charge is 0.127 e. The van der Waals surface area contributed by atoms with Crippen LogP contribution in [-0.4, -0.2) is 24.0 Å². The fourth-order valence-electron chi connectivity index (χ4n) is 2.45. The molecule has 1 aromatic carbocycles. The lowest BCUT2D eigenvalue weighted by Gasteiger charge is -2.21. The Morgan fingerprint density at radius 3 is 2.43 bits per heavy atom. The van der Waals surface area contributed by atoms with Crippen molar-refractivity contribution in [2.45, 2.75) is 18.9 Å². The molecule has 3 N–H and O–H groups in total. The van der Waals surface area contributed by atoms with Gasteiger partial charge in [0, 0.05) is 13.2 Å². The van der Waals surface area contributed by atoms with Crippen LogP contribution in [0.25, 0.3) is 0 Å². The molecule has 0 saturated carbocycles. The number of nitrogens with one attached hydrogen (secondary N) is 1. The van der Waals surface area contributed by atoms with Crippen LogP contribution in [0.5, 0.6) is 11.5 Å². The summed E-state index contributed by atoms with van der Waals surface area (Å²) in [5, 5.41) is 4.18. The first-order valence-electron chi connectivity index (χ1n) is 6.84. The molecule has 0 radical (unpaired) electrons. The summed E-state index contributed by atoms with van der Waals surface area (Å²) >= 11 is 0. The fraction of sp³-hybridized carbons (Fsp3) is 0.400. The topological polar surface area (TPSA) is 74.3 Å². The second kappa shape index (κ2) is 7.10. The molecule has 0 aliphatic heterocycles.